The van der Waals surface area contributed by atoms with Crippen LogP contribution in [0, 0.1) is 0 Å². The molecule has 0 aliphatic carbocycles. The van der Waals surface area contributed by atoms with Gasteiger partial charge >= 0.3 is 5.97 Å². The first-order valence-corrected chi connectivity index (χ1v) is 9.01. The van der Waals surface area contributed by atoms with Crippen LogP contribution in [0.4, 0.5) is 5.69 Å². The normalized spacial score (nSPS) is 11.2. The number of nitrogens with zero attached hydrogens (tertiary/aromatic N) is 1. The molecule has 0 saturated heterocycles. The lowest BCUT2D eigenvalue weighted by Gasteiger charge is -2.23. The van der Waals surface area contributed by atoms with E-state index in [4.69, 9.17) is 5.11 Å². The topological polar surface area (TPSA) is 69.6 Å². The van der Waals surface area contributed by atoms with E-state index in [2.05, 4.69) is 19.2 Å². The van der Waals surface area contributed by atoms with Gasteiger partial charge in [-0.15, -0.1) is 0 Å². The van der Waals surface area contributed by atoms with E-state index in [0.29, 0.717) is 0 Å². The minimum absolute atomic E-state index is 0.0793. The van der Waals surface area contributed by atoms with Gasteiger partial charge in [0.05, 0.1) is 6.54 Å². The maximum atomic E-state index is 12.5. The fourth-order valence-corrected chi connectivity index (χ4v) is 2.42. The summed E-state index contributed by atoms with van der Waals surface area (Å²) in [5, 5.41) is 12.2. The van der Waals surface area contributed by atoms with Crippen LogP contribution in [0.5, 0.6) is 0 Å². The lowest BCUT2D eigenvalue weighted by Crippen LogP contribution is -2.37. The van der Waals surface area contributed by atoms with Crippen LogP contribution in [-0.2, 0) is 9.59 Å². The Balaban J connectivity index is 2.77. The number of benzene rings is 1. The standard InChI is InChI=1S/C20H30N2O3/c1-4-6-12-22(13-7-5-2)19(23)15-21-18-11-9-8-10-17(18)14-16(3)20(24)25/h8-11,14,21H,4-7,12-13,15H2,1-3H3,(H,24,25)/b16-14+. The van der Waals surface area contributed by atoms with E-state index in [1.165, 1.54) is 0 Å². The average Bonchev–Trinajstić information content (AvgIpc) is 2.60. The van der Waals surface area contributed by atoms with Crippen LogP contribution in [0.1, 0.15) is 52.0 Å². The van der Waals surface area contributed by atoms with Gasteiger partial charge in [-0.25, -0.2) is 4.79 Å². The molecule has 0 aromatic heterocycles. The summed E-state index contributed by atoms with van der Waals surface area (Å²) in [4.78, 5) is 25.5. The maximum Gasteiger partial charge on any atom is 0.331 e. The molecular formula is C20H30N2O3. The Labute approximate surface area is 150 Å². The van der Waals surface area contributed by atoms with Crippen LogP contribution >= 0.6 is 0 Å². The number of nitrogens with one attached hydrogen (secondary N) is 1. The van der Waals surface area contributed by atoms with Crippen molar-refractivity contribution in [2.24, 2.45) is 0 Å². The largest absolute Gasteiger partial charge is 0.478 e. The first kappa shape index (κ1) is 20.7. The zero-order valence-corrected chi connectivity index (χ0v) is 15.5. The number of unbranched alkanes of at least 4 members (excludes halogenated alkanes) is 2. The predicted octanol–water partition coefficient (Wildman–Crippen LogP) is 4.02. The van der Waals surface area contributed by atoms with E-state index in [0.717, 1.165) is 50.0 Å². The second-order valence-electron chi connectivity index (χ2n) is 6.16. The van der Waals surface area contributed by atoms with Crippen LogP contribution in [-0.4, -0.2) is 41.5 Å². The second-order valence-corrected chi connectivity index (χ2v) is 6.16. The molecule has 0 unspecified atom stereocenters. The smallest absolute Gasteiger partial charge is 0.331 e. The fraction of sp³-hybridized carbons (Fsp3) is 0.500. The van der Waals surface area contributed by atoms with E-state index in [9.17, 15) is 9.59 Å². The van der Waals surface area contributed by atoms with Crippen LogP contribution < -0.4 is 5.32 Å². The molecule has 1 aromatic carbocycles. The van der Waals surface area contributed by atoms with Gasteiger partial charge in [-0.05, 0) is 37.5 Å². The van der Waals surface area contributed by atoms with Crippen molar-refractivity contribution in [3.05, 3.63) is 35.4 Å². The first-order valence-electron chi connectivity index (χ1n) is 9.01. The van der Waals surface area contributed by atoms with Gasteiger partial charge < -0.3 is 15.3 Å². The highest BCUT2D eigenvalue weighted by molar-refractivity contribution is 5.92. The van der Waals surface area contributed by atoms with Gasteiger partial charge in [-0.1, -0.05) is 44.9 Å². The minimum atomic E-state index is -0.948. The number of rotatable bonds is 11. The number of amides is 1. The molecule has 138 valence electrons. The van der Waals surface area contributed by atoms with Crippen molar-refractivity contribution >= 4 is 23.6 Å². The highest BCUT2D eigenvalue weighted by Crippen LogP contribution is 2.18. The first-order chi connectivity index (χ1) is 12.0. The molecule has 2 N–H and O–H groups in total. The van der Waals surface area contributed by atoms with E-state index >= 15 is 0 Å². The summed E-state index contributed by atoms with van der Waals surface area (Å²) < 4.78 is 0. The Morgan fingerprint density at radius 2 is 1.72 bits per heavy atom. The van der Waals surface area contributed by atoms with Gasteiger partial charge in [0, 0.05) is 24.4 Å². The zero-order valence-electron chi connectivity index (χ0n) is 15.5. The van der Waals surface area contributed by atoms with Gasteiger partial charge in [0.1, 0.15) is 0 Å². The highest BCUT2D eigenvalue weighted by atomic mass is 16.4. The minimum Gasteiger partial charge on any atom is -0.478 e. The Hall–Kier alpha value is -2.30. The molecule has 1 rings (SSSR count). The van der Waals surface area contributed by atoms with Crippen LogP contribution in [0.15, 0.2) is 29.8 Å². The number of carbonyl (C=O) groups excluding carboxylic acids is 1. The summed E-state index contributed by atoms with van der Waals surface area (Å²) >= 11 is 0. The third kappa shape index (κ3) is 7.42. The SMILES string of the molecule is CCCCN(CCCC)C(=O)CNc1ccccc1/C=C(\C)C(=O)O. The molecule has 0 aliphatic heterocycles. The van der Waals surface area contributed by atoms with Crippen LogP contribution in [0.25, 0.3) is 6.08 Å². The lowest BCUT2D eigenvalue weighted by molar-refractivity contribution is -0.132. The fourth-order valence-electron chi connectivity index (χ4n) is 2.42. The van der Waals surface area contributed by atoms with Crippen molar-refractivity contribution in [2.45, 2.75) is 46.5 Å². The molecule has 0 radical (unpaired) electrons. The molecule has 5 nitrogen and oxygen atoms in total. The molecule has 1 aromatic rings. The number of aliphatic carboxylic acids is 1. The number of hydrogen-bond acceptors (Lipinski definition) is 3. The summed E-state index contributed by atoms with van der Waals surface area (Å²) in [6.45, 7) is 7.58. The van der Waals surface area contributed by atoms with Crippen molar-refractivity contribution < 1.29 is 14.7 Å². The molecule has 25 heavy (non-hydrogen) atoms. The number of carboxylic acid groups (broad SMARTS) is 1. The van der Waals surface area contributed by atoms with E-state index in [-0.39, 0.29) is 18.0 Å². The molecular weight excluding hydrogens is 316 g/mol. The van der Waals surface area contributed by atoms with E-state index in [1.807, 2.05) is 29.2 Å². The third-order valence-corrected chi connectivity index (χ3v) is 4.02. The van der Waals surface area contributed by atoms with Crippen molar-refractivity contribution in [3.8, 4) is 0 Å². The van der Waals surface area contributed by atoms with Crippen molar-refractivity contribution in [1.29, 1.82) is 0 Å². The number of hydrogen-bond donors (Lipinski definition) is 2. The van der Waals surface area contributed by atoms with Gasteiger partial charge in [0.2, 0.25) is 5.91 Å². The number of para-hydroxylation sites is 1. The third-order valence-electron chi connectivity index (χ3n) is 4.02. The van der Waals surface area contributed by atoms with Crippen LogP contribution in [0.2, 0.25) is 0 Å². The summed E-state index contributed by atoms with van der Waals surface area (Å²) in [5.74, 6) is -0.869. The van der Waals surface area contributed by atoms with Gasteiger partial charge in [0.25, 0.3) is 0 Å². The summed E-state index contributed by atoms with van der Waals surface area (Å²) in [6, 6.07) is 7.41. The Bertz CT molecular complexity index is 588. The van der Waals surface area contributed by atoms with Gasteiger partial charge in [-0.2, -0.15) is 0 Å². The Morgan fingerprint density at radius 1 is 1.12 bits per heavy atom. The van der Waals surface area contributed by atoms with Crippen molar-refractivity contribution in [1.82, 2.24) is 4.90 Å². The monoisotopic (exact) mass is 346 g/mol. The second kappa shape index (κ2) is 11.3. The molecule has 1 amide bonds. The van der Waals surface area contributed by atoms with E-state index in [1.54, 1.807) is 13.0 Å². The van der Waals surface area contributed by atoms with Gasteiger partial charge in [-0.3, -0.25) is 4.79 Å². The summed E-state index contributed by atoms with van der Waals surface area (Å²) in [6.07, 6.45) is 5.75. The molecule has 0 heterocycles. The number of carboxylic acids is 1. The maximum absolute atomic E-state index is 12.5. The molecule has 0 saturated carbocycles. The molecule has 5 heteroatoms. The summed E-state index contributed by atoms with van der Waals surface area (Å²) in [7, 11) is 0. The van der Waals surface area contributed by atoms with E-state index < -0.39 is 5.97 Å². The van der Waals surface area contributed by atoms with Crippen molar-refractivity contribution in [2.75, 3.05) is 25.0 Å². The zero-order chi connectivity index (χ0) is 18.7. The molecule has 0 spiro atoms. The summed E-state index contributed by atoms with van der Waals surface area (Å²) in [5.41, 5.74) is 1.79. The Kier molecular flexibility index (Phi) is 9.37. The number of carbonyl (C=O) groups is 2. The average molecular weight is 346 g/mol. The lowest BCUT2D eigenvalue weighted by atomic mass is 10.1. The predicted molar refractivity (Wildman–Crippen MR) is 103 cm³/mol. The number of anilines is 1. The molecule has 0 fully saturated rings. The quantitative estimate of drug-likeness (QED) is 0.594. The Morgan fingerprint density at radius 3 is 2.28 bits per heavy atom. The van der Waals surface area contributed by atoms with Crippen LogP contribution in [0.3, 0.4) is 0 Å². The molecule has 0 aliphatic rings. The highest BCUT2D eigenvalue weighted by Gasteiger charge is 2.13. The van der Waals surface area contributed by atoms with Gasteiger partial charge in [0.15, 0.2) is 0 Å². The molecule has 0 atom stereocenters. The van der Waals surface area contributed by atoms with Crippen molar-refractivity contribution in [3.63, 3.8) is 0 Å². The molecule has 0 bridgehead atoms.